The van der Waals surface area contributed by atoms with Crippen LogP contribution in [0.5, 0.6) is 5.75 Å². The number of hydrogen-bond donors (Lipinski definition) is 1. The summed E-state index contributed by atoms with van der Waals surface area (Å²) in [6.07, 6.45) is -0.0424. The standard InChI is InChI=1S/C13H19NO3/c1-3-15-11-6-4-10(5-7-11)12-8-16-13(2,9-14)17-12/h4-7,12H,3,8-9,14H2,1-2H3. The summed E-state index contributed by atoms with van der Waals surface area (Å²) in [4.78, 5) is 0. The molecular weight excluding hydrogens is 218 g/mol. The molecule has 0 amide bonds. The van der Waals surface area contributed by atoms with Gasteiger partial charge in [0.2, 0.25) is 0 Å². The molecule has 1 saturated heterocycles. The zero-order valence-corrected chi connectivity index (χ0v) is 10.3. The number of benzene rings is 1. The van der Waals surface area contributed by atoms with E-state index in [-0.39, 0.29) is 6.10 Å². The van der Waals surface area contributed by atoms with E-state index in [0.29, 0.717) is 19.8 Å². The molecule has 1 fully saturated rings. The lowest BCUT2D eigenvalue weighted by Gasteiger charge is -2.20. The van der Waals surface area contributed by atoms with Crippen molar-refractivity contribution < 1.29 is 14.2 Å². The molecule has 0 radical (unpaired) electrons. The molecule has 2 rings (SSSR count). The largest absolute Gasteiger partial charge is 0.494 e. The second kappa shape index (κ2) is 5.04. The fraction of sp³-hybridized carbons (Fsp3) is 0.538. The molecule has 0 spiro atoms. The summed E-state index contributed by atoms with van der Waals surface area (Å²) >= 11 is 0. The second-order valence-corrected chi connectivity index (χ2v) is 4.26. The van der Waals surface area contributed by atoms with E-state index in [1.807, 2.05) is 38.1 Å². The molecule has 2 unspecified atom stereocenters. The average Bonchev–Trinajstić information content (AvgIpc) is 2.74. The van der Waals surface area contributed by atoms with Gasteiger partial charge in [0.15, 0.2) is 5.79 Å². The summed E-state index contributed by atoms with van der Waals surface area (Å²) < 4.78 is 16.7. The number of nitrogens with two attached hydrogens (primary N) is 1. The summed E-state index contributed by atoms with van der Waals surface area (Å²) in [7, 11) is 0. The van der Waals surface area contributed by atoms with Crippen LogP contribution in [-0.4, -0.2) is 25.5 Å². The van der Waals surface area contributed by atoms with Crippen LogP contribution >= 0.6 is 0 Å². The van der Waals surface area contributed by atoms with Crippen molar-refractivity contribution in [2.75, 3.05) is 19.8 Å². The van der Waals surface area contributed by atoms with Crippen LogP contribution in [0.25, 0.3) is 0 Å². The van der Waals surface area contributed by atoms with Crippen molar-refractivity contribution in [2.24, 2.45) is 5.73 Å². The molecule has 94 valence electrons. The van der Waals surface area contributed by atoms with Gasteiger partial charge in [0.05, 0.1) is 13.2 Å². The van der Waals surface area contributed by atoms with Crippen LogP contribution in [0.1, 0.15) is 25.5 Å². The normalized spacial score (nSPS) is 28.3. The average molecular weight is 237 g/mol. The summed E-state index contributed by atoms with van der Waals surface area (Å²) in [5.74, 6) is 0.222. The van der Waals surface area contributed by atoms with Gasteiger partial charge in [0, 0.05) is 6.54 Å². The van der Waals surface area contributed by atoms with Gasteiger partial charge in [-0.15, -0.1) is 0 Å². The highest BCUT2D eigenvalue weighted by Gasteiger charge is 2.36. The van der Waals surface area contributed by atoms with E-state index in [9.17, 15) is 0 Å². The van der Waals surface area contributed by atoms with Crippen LogP contribution in [0.2, 0.25) is 0 Å². The number of hydrogen-bond acceptors (Lipinski definition) is 4. The van der Waals surface area contributed by atoms with E-state index in [0.717, 1.165) is 11.3 Å². The van der Waals surface area contributed by atoms with Crippen molar-refractivity contribution in [1.29, 1.82) is 0 Å². The first-order chi connectivity index (χ1) is 8.17. The first kappa shape index (κ1) is 12.4. The molecule has 1 aromatic rings. The zero-order valence-electron chi connectivity index (χ0n) is 10.3. The molecule has 0 aromatic heterocycles. The van der Waals surface area contributed by atoms with Crippen molar-refractivity contribution in [3.8, 4) is 5.75 Å². The summed E-state index contributed by atoms with van der Waals surface area (Å²) in [5.41, 5.74) is 6.69. The lowest BCUT2D eigenvalue weighted by atomic mass is 10.1. The lowest BCUT2D eigenvalue weighted by Crippen LogP contribution is -2.35. The van der Waals surface area contributed by atoms with Gasteiger partial charge in [-0.2, -0.15) is 0 Å². The third-order valence-electron chi connectivity index (χ3n) is 2.87. The van der Waals surface area contributed by atoms with Crippen molar-refractivity contribution >= 4 is 0 Å². The van der Waals surface area contributed by atoms with Gasteiger partial charge < -0.3 is 19.9 Å². The molecule has 2 atom stereocenters. The maximum absolute atomic E-state index is 5.80. The van der Waals surface area contributed by atoms with Crippen molar-refractivity contribution in [3.63, 3.8) is 0 Å². The molecule has 17 heavy (non-hydrogen) atoms. The van der Waals surface area contributed by atoms with Gasteiger partial charge in [-0.3, -0.25) is 0 Å². The van der Waals surface area contributed by atoms with Crippen molar-refractivity contribution in [2.45, 2.75) is 25.7 Å². The highest BCUT2D eigenvalue weighted by atomic mass is 16.7. The third-order valence-corrected chi connectivity index (χ3v) is 2.87. The molecule has 1 aliphatic heterocycles. The van der Waals surface area contributed by atoms with Crippen LogP contribution in [0.4, 0.5) is 0 Å². The Balaban J connectivity index is 2.04. The smallest absolute Gasteiger partial charge is 0.178 e. The first-order valence-corrected chi connectivity index (χ1v) is 5.91. The molecule has 0 aliphatic carbocycles. The highest BCUT2D eigenvalue weighted by molar-refractivity contribution is 5.29. The molecule has 0 bridgehead atoms. The Morgan fingerprint density at radius 2 is 2.12 bits per heavy atom. The van der Waals surface area contributed by atoms with Gasteiger partial charge in [-0.25, -0.2) is 0 Å². The summed E-state index contributed by atoms with van der Waals surface area (Å²) in [6, 6.07) is 7.89. The van der Waals surface area contributed by atoms with Crippen LogP contribution in [0, 0.1) is 0 Å². The van der Waals surface area contributed by atoms with Gasteiger partial charge in [-0.05, 0) is 31.5 Å². The summed E-state index contributed by atoms with van der Waals surface area (Å²) in [6.45, 7) is 5.41. The second-order valence-electron chi connectivity index (χ2n) is 4.26. The number of rotatable bonds is 4. The molecule has 1 aromatic carbocycles. The minimum absolute atomic E-state index is 0.0424. The summed E-state index contributed by atoms with van der Waals surface area (Å²) in [5, 5.41) is 0. The molecule has 0 saturated carbocycles. The topological polar surface area (TPSA) is 53.7 Å². The van der Waals surface area contributed by atoms with E-state index in [2.05, 4.69) is 0 Å². The Labute approximate surface area is 102 Å². The monoisotopic (exact) mass is 237 g/mol. The predicted octanol–water partition coefficient (Wildman–Crippen LogP) is 1.85. The SMILES string of the molecule is CCOc1ccc(C2COC(C)(CN)O2)cc1. The maximum Gasteiger partial charge on any atom is 0.178 e. The number of ether oxygens (including phenoxy) is 3. The van der Waals surface area contributed by atoms with E-state index in [1.165, 1.54) is 0 Å². The van der Waals surface area contributed by atoms with E-state index in [1.54, 1.807) is 0 Å². The van der Waals surface area contributed by atoms with Gasteiger partial charge in [-0.1, -0.05) is 12.1 Å². The van der Waals surface area contributed by atoms with Crippen LogP contribution < -0.4 is 10.5 Å². The Kier molecular flexibility index (Phi) is 3.66. The Bertz CT molecular complexity index is 365. The Morgan fingerprint density at radius 1 is 1.41 bits per heavy atom. The fourth-order valence-corrected chi connectivity index (χ4v) is 1.84. The van der Waals surface area contributed by atoms with Gasteiger partial charge >= 0.3 is 0 Å². The lowest BCUT2D eigenvalue weighted by molar-refractivity contribution is -0.145. The zero-order chi connectivity index (χ0) is 12.3. The molecular formula is C13H19NO3. The molecule has 1 heterocycles. The molecule has 2 N–H and O–H groups in total. The molecule has 4 heteroatoms. The van der Waals surface area contributed by atoms with Gasteiger partial charge in [0.25, 0.3) is 0 Å². The van der Waals surface area contributed by atoms with Crippen LogP contribution in [0.15, 0.2) is 24.3 Å². The van der Waals surface area contributed by atoms with Crippen molar-refractivity contribution in [1.82, 2.24) is 0 Å². The first-order valence-electron chi connectivity index (χ1n) is 5.91. The Hall–Kier alpha value is -1.10. The fourth-order valence-electron chi connectivity index (χ4n) is 1.84. The minimum Gasteiger partial charge on any atom is -0.494 e. The predicted molar refractivity (Wildman–Crippen MR) is 64.8 cm³/mol. The molecule has 1 aliphatic rings. The van der Waals surface area contributed by atoms with E-state index < -0.39 is 5.79 Å². The maximum atomic E-state index is 5.80. The van der Waals surface area contributed by atoms with Crippen molar-refractivity contribution in [3.05, 3.63) is 29.8 Å². The van der Waals surface area contributed by atoms with Crippen LogP contribution in [-0.2, 0) is 9.47 Å². The minimum atomic E-state index is -0.650. The van der Waals surface area contributed by atoms with E-state index >= 15 is 0 Å². The van der Waals surface area contributed by atoms with Crippen LogP contribution in [0.3, 0.4) is 0 Å². The Morgan fingerprint density at radius 3 is 2.65 bits per heavy atom. The third kappa shape index (κ3) is 2.77. The van der Waals surface area contributed by atoms with E-state index in [4.69, 9.17) is 19.9 Å². The quantitative estimate of drug-likeness (QED) is 0.868. The van der Waals surface area contributed by atoms with Gasteiger partial charge in [0.1, 0.15) is 11.9 Å². The highest BCUT2D eigenvalue weighted by Crippen LogP contribution is 2.33. The molecule has 4 nitrogen and oxygen atoms in total.